The van der Waals surface area contributed by atoms with Gasteiger partial charge in [0.15, 0.2) is 0 Å². The van der Waals surface area contributed by atoms with Crippen molar-refractivity contribution in [3.63, 3.8) is 0 Å². The zero-order valence-electron chi connectivity index (χ0n) is 12.9. The van der Waals surface area contributed by atoms with Gasteiger partial charge in [-0.05, 0) is 48.9 Å². The largest absolute Gasteiger partial charge is 0.399 e. The number of carbonyl (C=O) groups is 1. The highest BCUT2D eigenvalue weighted by Crippen LogP contribution is 2.38. The van der Waals surface area contributed by atoms with Gasteiger partial charge in [-0.15, -0.1) is 0 Å². The summed E-state index contributed by atoms with van der Waals surface area (Å²) in [7, 11) is 0. The lowest BCUT2D eigenvalue weighted by Gasteiger charge is -2.41. The van der Waals surface area contributed by atoms with Gasteiger partial charge in [-0.3, -0.25) is 4.79 Å². The molecule has 20 heavy (non-hydrogen) atoms. The van der Waals surface area contributed by atoms with Gasteiger partial charge in [0.2, 0.25) is 0 Å². The van der Waals surface area contributed by atoms with Gasteiger partial charge in [-0.25, -0.2) is 0 Å². The lowest BCUT2D eigenvalue weighted by atomic mass is 9.74. The van der Waals surface area contributed by atoms with Crippen LogP contribution in [0.3, 0.4) is 0 Å². The van der Waals surface area contributed by atoms with E-state index in [1.54, 1.807) is 0 Å². The first-order valence-electron chi connectivity index (χ1n) is 7.67. The molecular formula is C17H26N2O. The van der Waals surface area contributed by atoms with Crippen molar-refractivity contribution in [1.29, 1.82) is 0 Å². The Bertz CT molecular complexity index is 482. The second-order valence-electron chi connectivity index (χ2n) is 6.07. The first-order valence-corrected chi connectivity index (χ1v) is 7.67. The van der Waals surface area contributed by atoms with Crippen LogP contribution in [0.15, 0.2) is 18.2 Å². The average molecular weight is 274 g/mol. The molecule has 0 aliphatic carbocycles. The lowest BCUT2D eigenvalue weighted by Crippen LogP contribution is -2.42. The summed E-state index contributed by atoms with van der Waals surface area (Å²) in [6, 6.07) is 5.57. The molecule has 0 saturated carbocycles. The van der Waals surface area contributed by atoms with Crippen LogP contribution in [0.2, 0.25) is 0 Å². The molecule has 1 aliphatic heterocycles. The molecule has 1 heterocycles. The Morgan fingerprint density at radius 2 is 1.85 bits per heavy atom. The Morgan fingerprint density at radius 3 is 2.35 bits per heavy atom. The van der Waals surface area contributed by atoms with E-state index in [9.17, 15) is 4.79 Å². The van der Waals surface area contributed by atoms with E-state index >= 15 is 0 Å². The molecule has 1 amide bonds. The van der Waals surface area contributed by atoms with Crippen molar-refractivity contribution in [1.82, 2.24) is 4.90 Å². The van der Waals surface area contributed by atoms with Crippen LogP contribution in [0.25, 0.3) is 0 Å². The summed E-state index contributed by atoms with van der Waals surface area (Å²) in [5.74, 6) is 0.147. The molecular weight excluding hydrogens is 248 g/mol. The van der Waals surface area contributed by atoms with Gasteiger partial charge in [0.05, 0.1) is 0 Å². The molecule has 1 aromatic carbocycles. The van der Waals surface area contributed by atoms with Gasteiger partial charge in [-0.2, -0.15) is 0 Å². The Morgan fingerprint density at radius 1 is 1.25 bits per heavy atom. The molecule has 2 rings (SSSR count). The third kappa shape index (κ3) is 2.82. The average Bonchev–Trinajstić information content (AvgIpc) is 2.49. The van der Waals surface area contributed by atoms with Crippen LogP contribution in [-0.2, 0) is 0 Å². The van der Waals surface area contributed by atoms with Crippen LogP contribution in [0, 0.1) is 12.3 Å². The molecule has 110 valence electrons. The first-order chi connectivity index (χ1) is 9.51. The fourth-order valence-corrected chi connectivity index (χ4v) is 3.13. The smallest absolute Gasteiger partial charge is 0.253 e. The molecule has 3 nitrogen and oxygen atoms in total. The molecule has 0 aromatic heterocycles. The van der Waals surface area contributed by atoms with E-state index in [0.717, 1.165) is 42.7 Å². The second kappa shape index (κ2) is 5.86. The van der Waals surface area contributed by atoms with Crippen molar-refractivity contribution in [2.24, 2.45) is 5.41 Å². The number of carbonyl (C=O) groups excluding carboxylic acids is 1. The Kier molecular flexibility index (Phi) is 4.36. The number of aryl methyl sites for hydroxylation is 1. The number of nitrogens with two attached hydrogens (primary N) is 1. The van der Waals surface area contributed by atoms with E-state index in [4.69, 9.17) is 5.73 Å². The van der Waals surface area contributed by atoms with Crippen LogP contribution in [-0.4, -0.2) is 23.9 Å². The summed E-state index contributed by atoms with van der Waals surface area (Å²) >= 11 is 0. The molecule has 1 aliphatic rings. The fraction of sp³-hybridized carbons (Fsp3) is 0.588. The molecule has 1 saturated heterocycles. The summed E-state index contributed by atoms with van der Waals surface area (Å²) in [4.78, 5) is 14.5. The number of piperidine rings is 1. The third-order valence-corrected chi connectivity index (χ3v) is 5.13. The predicted octanol–water partition coefficient (Wildman–Crippen LogP) is 3.62. The standard InChI is InChI=1S/C17H26N2O/c1-4-17(5-2)8-10-19(11-9-17)16(20)14-6-7-15(18)13(3)12-14/h6-7,12H,4-5,8-11,18H2,1-3H3. The molecule has 1 aromatic rings. The van der Waals surface area contributed by atoms with E-state index in [-0.39, 0.29) is 5.91 Å². The minimum atomic E-state index is 0.147. The van der Waals surface area contributed by atoms with Crippen LogP contribution < -0.4 is 5.73 Å². The molecule has 3 heteroatoms. The van der Waals surface area contributed by atoms with E-state index < -0.39 is 0 Å². The summed E-state index contributed by atoms with van der Waals surface area (Å²) in [6.45, 7) is 8.24. The Balaban J connectivity index is 2.06. The number of hydrogen-bond donors (Lipinski definition) is 1. The highest BCUT2D eigenvalue weighted by atomic mass is 16.2. The maximum Gasteiger partial charge on any atom is 0.253 e. The van der Waals surface area contributed by atoms with Gasteiger partial charge in [0, 0.05) is 24.3 Å². The fourth-order valence-electron chi connectivity index (χ4n) is 3.13. The Hall–Kier alpha value is -1.51. The highest BCUT2D eigenvalue weighted by molar-refractivity contribution is 5.95. The number of benzene rings is 1. The van der Waals surface area contributed by atoms with Crippen LogP contribution >= 0.6 is 0 Å². The molecule has 0 unspecified atom stereocenters. The number of likely N-dealkylation sites (tertiary alicyclic amines) is 1. The van der Waals surface area contributed by atoms with E-state index in [2.05, 4.69) is 13.8 Å². The SMILES string of the molecule is CCC1(CC)CCN(C(=O)c2ccc(N)c(C)c2)CC1. The van der Waals surface area contributed by atoms with E-state index in [1.165, 1.54) is 12.8 Å². The minimum Gasteiger partial charge on any atom is -0.399 e. The minimum absolute atomic E-state index is 0.147. The number of nitrogens with zero attached hydrogens (tertiary/aromatic N) is 1. The summed E-state index contributed by atoms with van der Waals surface area (Å²) in [5, 5.41) is 0. The number of anilines is 1. The van der Waals surface area contributed by atoms with Crippen molar-refractivity contribution >= 4 is 11.6 Å². The Labute approximate surface area is 122 Å². The van der Waals surface area contributed by atoms with Crippen molar-refractivity contribution in [2.75, 3.05) is 18.8 Å². The van der Waals surface area contributed by atoms with Crippen LogP contribution in [0.1, 0.15) is 55.5 Å². The number of rotatable bonds is 3. The van der Waals surface area contributed by atoms with Gasteiger partial charge in [0.1, 0.15) is 0 Å². The molecule has 0 radical (unpaired) electrons. The van der Waals surface area contributed by atoms with Crippen LogP contribution in [0.5, 0.6) is 0 Å². The number of hydrogen-bond acceptors (Lipinski definition) is 2. The van der Waals surface area contributed by atoms with Crippen molar-refractivity contribution < 1.29 is 4.79 Å². The van der Waals surface area contributed by atoms with E-state index in [1.807, 2.05) is 30.0 Å². The topological polar surface area (TPSA) is 46.3 Å². The summed E-state index contributed by atoms with van der Waals surface area (Å²) in [6.07, 6.45) is 4.68. The highest BCUT2D eigenvalue weighted by Gasteiger charge is 2.33. The third-order valence-electron chi connectivity index (χ3n) is 5.13. The van der Waals surface area contributed by atoms with Crippen molar-refractivity contribution in [3.05, 3.63) is 29.3 Å². The molecule has 0 bridgehead atoms. The molecule has 2 N–H and O–H groups in total. The monoisotopic (exact) mass is 274 g/mol. The van der Waals surface area contributed by atoms with Crippen molar-refractivity contribution in [3.8, 4) is 0 Å². The van der Waals surface area contributed by atoms with E-state index in [0.29, 0.717) is 5.41 Å². The lowest BCUT2D eigenvalue weighted by molar-refractivity contribution is 0.0557. The van der Waals surface area contributed by atoms with Crippen molar-refractivity contribution in [2.45, 2.75) is 46.5 Å². The maximum atomic E-state index is 12.5. The molecule has 0 atom stereocenters. The normalized spacial score (nSPS) is 18.1. The summed E-state index contributed by atoms with van der Waals surface area (Å²) < 4.78 is 0. The second-order valence-corrected chi connectivity index (χ2v) is 6.07. The zero-order valence-corrected chi connectivity index (χ0v) is 12.9. The molecule has 0 spiro atoms. The van der Waals surface area contributed by atoms with Gasteiger partial charge in [0.25, 0.3) is 5.91 Å². The molecule has 1 fully saturated rings. The van der Waals surface area contributed by atoms with Crippen LogP contribution in [0.4, 0.5) is 5.69 Å². The van der Waals surface area contributed by atoms with Gasteiger partial charge >= 0.3 is 0 Å². The predicted molar refractivity (Wildman–Crippen MR) is 83.7 cm³/mol. The first kappa shape index (κ1) is 14.9. The number of nitrogen functional groups attached to an aromatic ring is 1. The number of amides is 1. The maximum absolute atomic E-state index is 12.5. The zero-order chi connectivity index (χ0) is 14.8. The van der Waals surface area contributed by atoms with Gasteiger partial charge < -0.3 is 10.6 Å². The summed E-state index contributed by atoms with van der Waals surface area (Å²) in [5.41, 5.74) is 8.75. The van der Waals surface area contributed by atoms with Gasteiger partial charge in [-0.1, -0.05) is 26.7 Å². The quantitative estimate of drug-likeness (QED) is 0.856.